The Bertz CT molecular complexity index is 175. The predicted molar refractivity (Wildman–Crippen MR) is 42.3 cm³/mol. The molecule has 0 amide bonds. The van der Waals surface area contributed by atoms with Gasteiger partial charge in [-0.05, 0) is 0 Å². The van der Waals surface area contributed by atoms with Gasteiger partial charge in [0.1, 0.15) is 6.67 Å². The smallest absolute Gasteiger partial charge is 0.117 e. The number of aliphatic hydroxyl groups excluding tert-OH is 1. The van der Waals surface area contributed by atoms with Crippen molar-refractivity contribution in [3.8, 4) is 0 Å². The predicted octanol–water partition coefficient (Wildman–Crippen LogP) is -0.147. The van der Waals surface area contributed by atoms with Crippen LogP contribution < -0.4 is 0 Å². The second-order valence-corrected chi connectivity index (χ2v) is 2.96. The summed E-state index contributed by atoms with van der Waals surface area (Å²) >= 11 is 0. The summed E-state index contributed by atoms with van der Waals surface area (Å²) in [5.41, 5.74) is 0.695. The Morgan fingerprint density at radius 2 is 2.42 bits per heavy atom. The highest BCUT2D eigenvalue weighted by Gasteiger charge is 2.20. The van der Waals surface area contributed by atoms with Crippen LogP contribution in [0.3, 0.4) is 0 Å². The fourth-order valence-corrected chi connectivity index (χ4v) is 1.29. The van der Waals surface area contributed by atoms with E-state index in [1.165, 1.54) is 0 Å². The van der Waals surface area contributed by atoms with Gasteiger partial charge in [-0.25, -0.2) is 4.39 Å². The highest BCUT2D eigenvalue weighted by molar-refractivity contribution is 5.87. The third-order valence-electron chi connectivity index (χ3n) is 1.91. The summed E-state index contributed by atoms with van der Waals surface area (Å²) in [6.07, 6.45) is -0.210. The van der Waals surface area contributed by atoms with Crippen molar-refractivity contribution in [1.82, 2.24) is 4.90 Å². The number of β-amino-alcohol motifs (C(OH)–C–C–N with tert-alkyl or cyclic N) is 1. The largest absolute Gasteiger partial charge is 0.411 e. The zero-order chi connectivity index (χ0) is 8.97. The molecule has 0 spiro atoms. The van der Waals surface area contributed by atoms with Crippen LogP contribution in [0.5, 0.6) is 0 Å². The first-order valence-electron chi connectivity index (χ1n) is 3.92. The lowest BCUT2D eigenvalue weighted by molar-refractivity contribution is 0.101. The van der Waals surface area contributed by atoms with Crippen molar-refractivity contribution in [3.05, 3.63) is 0 Å². The van der Waals surface area contributed by atoms with Gasteiger partial charge in [0.05, 0.1) is 11.8 Å². The average molecular weight is 176 g/mol. The maximum absolute atomic E-state index is 11.9. The van der Waals surface area contributed by atoms with Crippen LogP contribution in [-0.2, 0) is 0 Å². The highest BCUT2D eigenvalue weighted by atomic mass is 19.1. The number of halogens is 1. The molecule has 0 aromatic rings. The van der Waals surface area contributed by atoms with Gasteiger partial charge in [0, 0.05) is 26.1 Å². The lowest BCUT2D eigenvalue weighted by Gasteiger charge is -2.16. The van der Waals surface area contributed by atoms with Gasteiger partial charge < -0.3 is 10.3 Å². The van der Waals surface area contributed by atoms with E-state index in [9.17, 15) is 4.39 Å². The van der Waals surface area contributed by atoms with Crippen LogP contribution in [0.1, 0.15) is 6.42 Å². The summed E-state index contributed by atoms with van der Waals surface area (Å²) in [6.45, 7) is 0.863. The number of alkyl halides is 1. The quantitative estimate of drug-likeness (QED) is 0.464. The van der Waals surface area contributed by atoms with Crippen molar-refractivity contribution in [2.45, 2.75) is 12.5 Å². The first-order valence-corrected chi connectivity index (χ1v) is 3.92. The van der Waals surface area contributed by atoms with E-state index in [4.69, 9.17) is 10.3 Å². The molecule has 1 aliphatic heterocycles. The molecule has 0 saturated carbocycles. The fraction of sp³-hybridized carbons (Fsp3) is 0.857. The van der Waals surface area contributed by atoms with Crippen molar-refractivity contribution < 1.29 is 14.7 Å². The van der Waals surface area contributed by atoms with Crippen molar-refractivity contribution in [3.63, 3.8) is 0 Å². The molecule has 70 valence electrons. The molecule has 0 aliphatic carbocycles. The maximum atomic E-state index is 11.9. The van der Waals surface area contributed by atoms with E-state index in [-0.39, 0.29) is 0 Å². The molecule has 1 saturated heterocycles. The molecule has 5 heteroatoms. The molecule has 0 bridgehead atoms. The molecule has 1 heterocycles. The van der Waals surface area contributed by atoms with Crippen molar-refractivity contribution in [2.75, 3.05) is 26.3 Å². The van der Waals surface area contributed by atoms with E-state index < -0.39 is 12.8 Å². The van der Waals surface area contributed by atoms with Crippen LogP contribution in [-0.4, -0.2) is 53.3 Å². The SMILES string of the molecule is O/N=C1\CCN(CC(O)CF)C1. The van der Waals surface area contributed by atoms with Gasteiger partial charge in [0.15, 0.2) is 0 Å². The molecule has 0 radical (unpaired) electrons. The second-order valence-electron chi connectivity index (χ2n) is 2.96. The summed E-state index contributed by atoms with van der Waals surface area (Å²) in [4.78, 5) is 1.86. The monoisotopic (exact) mass is 176 g/mol. The molecule has 2 N–H and O–H groups in total. The Hall–Kier alpha value is -0.680. The average Bonchev–Trinajstić information content (AvgIpc) is 2.52. The number of oxime groups is 1. The van der Waals surface area contributed by atoms with Crippen molar-refractivity contribution in [2.24, 2.45) is 5.16 Å². The zero-order valence-electron chi connectivity index (χ0n) is 6.78. The summed E-state index contributed by atoms with van der Waals surface area (Å²) in [6, 6.07) is 0. The molecule has 1 fully saturated rings. The van der Waals surface area contributed by atoms with Crippen LogP contribution in [0.4, 0.5) is 4.39 Å². The fourth-order valence-electron chi connectivity index (χ4n) is 1.29. The topological polar surface area (TPSA) is 56.1 Å². The molecule has 1 aliphatic rings. The normalized spacial score (nSPS) is 25.0. The van der Waals surface area contributed by atoms with E-state index >= 15 is 0 Å². The van der Waals surface area contributed by atoms with Crippen LogP contribution in [0, 0.1) is 0 Å². The van der Waals surface area contributed by atoms with Crippen LogP contribution in [0.15, 0.2) is 5.16 Å². The minimum atomic E-state index is -0.914. The third kappa shape index (κ3) is 2.42. The van der Waals surface area contributed by atoms with Gasteiger partial charge in [-0.1, -0.05) is 5.16 Å². The molecular weight excluding hydrogens is 163 g/mol. The number of likely N-dealkylation sites (tertiary alicyclic amines) is 1. The van der Waals surface area contributed by atoms with E-state index in [1.807, 2.05) is 4.90 Å². The van der Waals surface area contributed by atoms with Crippen LogP contribution in [0.2, 0.25) is 0 Å². The Labute approximate surface area is 70.3 Å². The Morgan fingerprint density at radius 3 is 2.92 bits per heavy atom. The molecule has 4 nitrogen and oxygen atoms in total. The second kappa shape index (κ2) is 4.37. The van der Waals surface area contributed by atoms with E-state index in [0.29, 0.717) is 25.2 Å². The first kappa shape index (κ1) is 9.41. The summed E-state index contributed by atoms with van der Waals surface area (Å²) in [5, 5.41) is 20.4. The standard InChI is InChI=1S/C7H13FN2O2/c8-3-7(11)5-10-2-1-6(4-10)9-12/h7,11-12H,1-5H2/b9-6+. The van der Waals surface area contributed by atoms with Gasteiger partial charge >= 0.3 is 0 Å². The maximum Gasteiger partial charge on any atom is 0.117 e. The first-order chi connectivity index (χ1) is 5.76. The van der Waals surface area contributed by atoms with Crippen molar-refractivity contribution >= 4 is 5.71 Å². The van der Waals surface area contributed by atoms with Gasteiger partial charge in [0.2, 0.25) is 0 Å². The summed E-state index contributed by atoms with van der Waals surface area (Å²) in [7, 11) is 0. The molecule has 1 rings (SSSR count). The molecule has 0 aromatic carbocycles. The van der Waals surface area contributed by atoms with Crippen LogP contribution in [0.25, 0.3) is 0 Å². The van der Waals surface area contributed by atoms with E-state index in [2.05, 4.69) is 5.16 Å². The lowest BCUT2D eigenvalue weighted by Crippen LogP contribution is -2.31. The van der Waals surface area contributed by atoms with E-state index in [0.717, 1.165) is 6.54 Å². The van der Waals surface area contributed by atoms with Gasteiger partial charge in [-0.2, -0.15) is 0 Å². The molecule has 1 unspecified atom stereocenters. The number of hydrogen-bond acceptors (Lipinski definition) is 4. The van der Waals surface area contributed by atoms with E-state index in [1.54, 1.807) is 0 Å². The number of hydrogen-bond donors (Lipinski definition) is 2. The number of rotatable bonds is 3. The number of aliphatic hydroxyl groups is 1. The van der Waals surface area contributed by atoms with Gasteiger partial charge in [-0.15, -0.1) is 0 Å². The molecule has 12 heavy (non-hydrogen) atoms. The van der Waals surface area contributed by atoms with Gasteiger partial charge in [-0.3, -0.25) is 4.90 Å². The molecular formula is C7H13FN2O2. The minimum Gasteiger partial charge on any atom is -0.411 e. The highest BCUT2D eigenvalue weighted by Crippen LogP contribution is 2.06. The Balaban J connectivity index is 2.28. The molecule has 1 atom stereocenters. The minimum absolute atomic E-state index is 0.315. The van der Waals surface area contributed by atoms with Crippen LogP contribution >= 0.6 is 0 Å². The van der Waals surface area contributed by atoms with Crippen molar-refractivity contribution in [1.29, 1.82) is 0 Å². The summed E-state index contributed by atoms with van der Waals surface area (Å²) in [5.74, 6) is 0. The summed E-state index contributed by atoms with van der Waals surface area (Å²) < 4.78 is 11.9. The lowest BCUT2D eigenvalue weighted by atomic mass is 10.3. The van der Waals surface area contributed by atoms with Gasteiger partial charge in [0.25, 0.3) is 0 Å². The zero-order valence-corrected chi connectivity index (χ0v) is 6.78. The Morgan fingerprint density at radius 1 is 1.67 bits per heavy atom. The Kier molecular flexibility index (Phi) is 3.43. The third-order valence-corrected chi connectivity index (χ3v) is 1.91. The number of nitrogens with zero attached hydrogens (tertiary/aromatic N) is 2. The molecule has 0 aromatic heterocycles.